The van der Waals surface area contributed by atoms with Gasteiger partial charge in [-0.3, -0.25) is 4.79 Å². The summed E-state index contributed by atoms with van der Waals surface area (Å²) in [5, 5.41) is 4.20. The summed E-state index contributed by atoms with van der Waals surface area (Å²) in [5.74, 6) is 0.594. The summed E-state index contributed by atoms with van der Waals surface area (Å²) in [5.41, 5.74) is 1.03. The molecule has 0 aliphatic carbocycles. The highest BCUT2D eigenvalue weighted by atomic mass is 35.5. The van der Waals surface area contributed by atoms with Crippen LogP contribution in [0.15, 0.2) is 12.1 Å². The Morgan fingerprint density at radius 2 is 1.85 bits per heavy atom. The Balaban J connectivity index is 2.44. The molecule has 20 heavy (non-hydrogen) atoms. The second-order valence-corrected chi connectivity index (χ2v) is 6.99. The van der Waals surface area contributed by atoms with Crippen molar-refractivity contribution in [3.05, 3.63) is 22.2 Å². The molecule has 0 atom stereocenters. The van der Waals surface area contributed by atoms with E-state index in [0.29, 0.717) is 22.5 Å². The van der Waals surface area contributed by atoms with E-state index in [2.05, 4.69) is 19.2 Å². The number of benzene rings is 1. The number of nitrogens with zero attached hydrogens (tertiary/aromatic N) is 1. The molecule has 0 aromatic heterocycles. The van der Waals surface area contributed by atoms with E-state index in [1.165, 1.54) is 0 Å². The molecule has 1 N–H and O–H groups in total. The summed E-state index contributed by atoms with van der Waals surface area (Å²) in [6.45, 7) is 8.74. The maximum Gasteiger partial charge on any atom is 0.252 e. The Labute approximate surface area is 130 Å². The van der Waals surface area contributed by atoms with E-state index >= 15 is 0 Å². The molecule has 0 spiro atoms. The fourth-order valence-corrected chi connectivity index (χ4v) is 2.63. The zero-order chi connectivity index (χ0) is 15.1. The zero-order valence-corrected chi connectivity index (χ0v) is 13.8. The van der Waals surface area contributed by atoms with Crippen LogP contribution in [0.5, 0.6) is 0 Å². The number of fused-ring (bicyclic) bond motifs is 1. The van der Waals surface area contributed by atoms with Gasteiger partial charge in [-0.15, -0.1) is 0 Å². The first-order valence-electron chi connectivity index (χ1n) is 6.81. The Hall–Kier alpha value is -0.930. The third-order valence-corrected chi connectivity index (χ3v) is 4.21. The lowest BCUT2D eigenvalue weighted by atomic mass is 9.97. The summed E-state index contributed by atoms with van der Waals surface area (Å²) in [7, 11) is 0. The third kappa shape index (κ3) is 2.89. The van der Waals surface area contributed by atoms with Crippen LogP contribution in [-0.4, -0.2) is 18.0 Å². The summed E-state index contributed by atoms with van der Waals surface area (Å²) in [6.07, 6.45) is 0.946. The molecule has 1 heterocycles. The molecular weight excluding hydrogens is 295 g/mol. The van der Waals surface area contributed by atoms with Crippen molar-refractivity contribution in [2.75, 3.05) is 16.8 Å². The third-order valence-electron chi connectivity index (χ3n) is 3.49. The SMILES string of the molecule is CC(C)CCN1C(=O)C(C)(C)Nc2cc(Cl)c(Cl)cc21. The Morgan fingerprint density at radius 1 is 1.25 bits per heavy atom. The van der Waals surface area contributed by atoms with Crippen molar-refractivity contribution in [2.45, 2.75) is 39.7 Å². The van der Waals surface area contributed by atoms with Crippen LogP contribution < -0.4 is 10.2 Å². The van der Waals surface area contributed by atoms with Crippen molar-refractivity contribution in [3.63, 3.8) is 0 Å². The number of hydrogen-bond acceptors (Lipinski definition) is 2. The van der Waals surface area contributed by atoms with Gasteiger partial charge in [-0.05, 0) is 38.3 Å². The summed E-state index contributed by atoms with van der Waals surface area (Å²) in [6, 6.07) is 3.55. The summed E-state index contributed by atoms with van der Waals surface area (Å²) in [4.78, 5) is 14.4. The van der Waals surface area contributed by atoms with Crippen molar-refractivity contribution in [1.82, 2.24) is 0 Å². The van der Waals surface area contributed by atoms with Gasteiger partial charge >= 0.3 is 0 Å². The predicted molar refractivity (Wildman–Crippen MR) is 86.0 cm³/mol. The topological polar surface area (TPSA) is 32.3 Å². The molecule has 1 aliphatic rings. The highest BCUT2D eigenvalue weighted by Crippen LogP contribution is 2.40. The van der Waals surface area contributed by atoms with Crippen LogP contribution in [0.4, 0.5) is 11.4 Å². The number of rotatable bonds is 3. The molecule has 1 aliphatic heterocycles. The van der Waals surface area contributed by atoms with Gasteiger partial charge in [0, 0.05) is 6.54 Å². The van der Waals surface area contributed by atoms with Crippen molar-refractivity contribution < 1.29 is 4.79 Å². The molecule has 5 heteroatoms. The lowest BCUT2D eigenvalue weighted by Gasteiger charge is -2.40. The molecule has 1 amide bonds. The number of amides is 1. The van der Waals surface area contributed by atoms with E-state index in [4.69, 9.17) is 23.2 Å². The molecule has 1 aromatic rings. The molecule has 0 saturated carbocycles. The minimum absolute atomic E-state index is 0.0593. The van der Waals surface area contributed by atoms with Crippen LogP contribution in [0.3, 0.4) is 0 Å². The van der Waals surface area contributed by atoms with Gasteiger partial charge in [-0.2, -0.15) is 0 Å². The second kappa shape index (κ2) is 5.45. The fourth-order valence-electron chi connectivity index (χ4n) is 2.31. The lowest BCUT2D eigenvalue weighted by molar-refractivity contribution is -0.122. The van der Waals surface area contributed by atoms with Crippen LogP contribution in [0, 0.1) is 5.92 Å². The number of carbonyl (C=O) groups excluding carboxylic acids is 1. The molecule has 0 saturated heterocycles. The lowest BCUT2D eigenvalue weighted by Crippen LogP contribution is -2.54. The first-order chi connectivity index (χ1) is 9.22. The van der Waals surface area contributed by atoms with E-state index in [1.807, 2.05) is 18.7 Å². The average Bonchev–Trinajstić information content (AvgIpc) is 2.32. The molecule has 0 fully saturated rings. The van der Waals surface area contributed by atoms with Crippen LogP contribution in [0.1, 0.15) is 34.1 Å². The maximum absolute atomic E-state index is 12.6. The van der Waals surface area contributed by atoms with Crippen LogP contribution >= 0.6 is 23.2 Å². The number of anilines is 2. The number of hydrogen-bond donors (Lipinski definition) is 1. The normalized spacial score (nSPS) is 17.1. The van der Waals surface area contributed by atoms with Gasteiger partial charge in [0.2, 0.25) is 0 Å². The standard InChI is InChI=1S/C15H20Cl2N2O/c1-9(2)5-6-19-13-8-11(17)10(16)7-12(13)18-15(3,4)14(19)20/h7-9,18H,5-6H2,1-4H3. The van der Waals surface area contributed by atoms with E-state index in [9.17, 15) is 4.79 Å². The highest BCUT2D eigenvalue weighted by Gasteiger charge is 2.38. The largest absolute Gasteiger partial charge is 0.370 e. The van der Waals surface area contributed by atoms with Crippen LogP contribution in [0.2, 0.25) is 10.0 Å². The number of nitrogens with one attached hydrogen (secondary N) is 1. The summed E-state index contributed by atoms with van der Waals surface area (Å²) < 4.78 is 0. The molecule has 2 rings (SSSR count). The van der Waals surface area contributed by atoms with Gasteiger partial charge in [0.25, 0.3) is 5.91 Å². The number of halogens is 2. The zero-order valence-electron chi connectivity index (χ0n) is 12.3. The van der Waals surface area contributed by atoms with E-state index in [-0.39, 0.29) is 5.91 Å². The quantitative estimate of drug-likeness (QED) is 0.885. The van der Waals surface area contributed by atoms with Crippen molar-refractivity contribution in [2.24, 2.45) is 5.92 Å². The van der Waals surface area contributed by atoms with Gasteiger partial charge in [0.1, 0.15) is 5.54 Å². The van der Waals surface area contributed by atoms with E-state index < -0.39 is 5.54 Å². The van der Waals surface area contributed by atoms with Gasteiger partial charge < -0.3 is 10.2 Å². The maximum atomic E-state index is 12.6. The monoisotopic (exact) mass is 314 g/mol. The first kappa shape index (κ1) is 15.5. The Kier molecular flexibility index (Phi) is 4.22. The van der Waals surface area contributed by atoms with Gasteiger partial charge in [-0.1, -0.05) is 37.0 Å². The second-order valence-electron chi connectivity index (χ2n) is 6.17. The Morgan fingerprint density at radius 3 is 2.45 bits per heavy atom. The molecule has 0 radical (unpaired) electrons. The molecular formula is C15H20Cl2N2O. The van der Waals surface area contributed by atoms with Crippen LogP contribution in [-0.2, 0) is 4.79 Å². The molecule has 3 nitrogen and oxygen atoms in total. The number of carbonyl (C=O) groups is 1. The van der Waals surface area contributed by atoms with Gasteiger partial charge in [0.05, 0.1) is 21.4 Å². The molecule has 110 valence electrons. The van der Waals surface area contributed by atoms with Gasteiger partial charge in [-0.25, -0.2) is 0 Å². The van der Waals surface area contributed by atoms with Crippen molar-refractivity contribution >= 4 is 40.5 Å². The first-order valence-corrected chi connectivity index (χ1v) is 7.57. The van der Waals surface area contributed by atoms with Crippen molar-refractivity contribution in [3.8, 4) is 0 Å². The minimum atomic E-state index is -0.638. The smallest absolute Gasteiger partial charge is 0.252 e. The van der Waals surface area contributed by atoms with Gasteiger partial charge in [0.15, 0.2) is 0 Å². The van der Waals surface area contributed by atoms with E-state index in [1.54, 1.807) is 12.1 Å². The predicted octanol–water partition coefficient (Wildman–Crippen LogP) is 4.58. The van der Waals surface area contributed by atoms with Crippen LogP contribution in [0.25, 0.3) is 0 Å². The fraction of sp³-hybridized carbons (Fsp3) is 0.533. The van der Waals surface area contributed by atoms with E-state index in [0.717, 1.165) is 17.8 Å². The Bertz CT molecular complexity index is 541. The molecule has 0 bridgehead atoms. The highest BCUT2D eigenvalue weighted by molar-refractivity contribution is 6.42. The molecule has 0 unspecified atom stereocenters. The average molecular weight is 315 g/mol. The summed E-state index contributed by atoms with van der Waals surface area (Å²) >= 11 is 12.2. The minimum Gasteiger partial charge on any atom is -0.370 e. The molecule has 1 aromatic carbocycles. The van der Waals surface area contributed by atoms with Crippen molar-refractivity contribution in [1.29, 1.82) is 0 Å².